The second kappa shape index (κ2) is 10.9. The maximum absolute atomic E-state index is 12.8. The topological polar surface area (TPSA) is 90.6 Å². The molecule has 31 heavy (non-hydrogen) atoms. The molecule has 2 aliphatic rings. The van der Waals surface area contributed by atoms with Gasteiger partial charge in [0.25, 0.3) is 0 Å². The van der Waals surface area contributed by atoms with E-state index in [1.54, 1.807) is 20.3 Å². The standard InChI is InChI=1S/C21H28IN5O4/c1-15(24-17-13-18(29-2)20(30-3)19(22)16(17)14-23)25-5-4-6-26(8-7-25)21(28)27-9-11-31-12-10-27/h13H,4-12H2,1-3H3/b24-15+. The normalized spacial score (nSPS) is 17.8. The Morgan fingerprint density at radius 2 is 1.74 bits per heavy atom. The maximum Gasteiger partial charge on any atom is 0.320 e. The maximum atomic E-state index is 12.8. The van der Waals surface area contributed by atoms with Crippen molar-refractivity contribution in [3.05, 3.63) is 15.2 Å². The van der Waals surface area contributed by atoms with Gasteiger partial charge >= 0.3 is 6.03 Å². The lowest BCUT2D eigenvalue weighted by atomic mass is 10.1. The highest BCUT2D eigenvalue weighted by Crippen LogP contribution is 2.40. The number of hydrogen-bond acceptors (Lipinski definition) is 6. The van der Waals surface area contributed by atoms with Crippen LogP contribution in [0.25, 0.3) is 0 Å². The van der Waals surface area contributed by atoms with Gasteiger partial charge in [-0.05, 0) is 35.9 Å². The minimum absolute atomic E-state index is 0.0842. The number of nitrogens with zero attached hydrogens (tertiary/aromatic N) is 5. The van der Waals surface area contributed by atoms with Crippen molar-refractivity contribution in [1.29, 1.82) is 5.26 Å². The molecule has 2 heterocycles. The lowest BCUT2D eigenvalue weighted by Crippen LogP contribution is -2.49. The number of rotatable bonds is 3. The number of aliphatic imine (C=N–C) groups is 1. The number of nitriles is 1. The zero-order valence-electron chi connectivity index (χ0n) is 18.2. The van der Waals surface area contributed by atoms with Crippen molar-refractivity contribution in [3.8, 4) is 17.6 Å². The minimum atomic E-state index is 0.0842. The van der Waals surface area contributed by atoms with Crippen LogP contribution in [-0.2, 0) is 4.74 Å². The Morgan fingerprint density at radius 3 is 2.39 bits per heavy atom. The number of methoxy groups -OCH3 is 2. The van der Waals surface area contributed by atoms with Crippen LogP contribution in [0.15, 0.2) is 11.1 Å². The summed E-state index contributed by atoms with van der Waals surface area (Å²) in [5.41, 5.74) is 1.00. The van der Waals surface area contributed by atoms with E-state index in [0.29, 0.717) is 65.7 Å². The first-order valence-electron chi connectivity index (χ1n) is 10.3. The number of urea groups is 1. The molecule has 2 amide bonds. The molecule has 0 spiro atoms. The van der Waals surface area contributed by atoms with Crippen LogP contribution in [0.5, 0.6) is 11.5 Å². The quantitative estimate of drug-likeness (QED) is 0.332. The summed E-state index contributed by atoms with van der Waals surface area (Å²) in [5, 5.41) is 9.68. The van der Waals surface area contributed by atoms with Gasteiger partial charge in [-0.1, -0.05) is 0 Å². The summed E-state index contributed by atoms with van der Waals surface area (Å²) in [6.07, 6.45) is 0.859. The van der Waals surface area contributed by atoms with E-state index in [9.17, 15) is 10.1 Å². The monoisotopic (exact) mass is 541 g/mol. The molecule has 0 unspecified atom stereocenters. The van der Waals surface area contributed by atoms with Crippen molar-refractivity contribution in [2.24, 2.45) is 4.99 Å². The molecule has 168 valence electrons. The fourth-order valence-corrected chi connectivity index (χ4v) is 4.65. The SMILES string of the molecule is COc1cc(/N=C(\C)N2CCCN(C(=O)N3CCOCC3)CC2)c(C#N)c(I)c1OC. The summed E-state index contributed by atoms with van der Waals surface area (Å²) in [6, 6.07) is 4.05. The first-order valence-corrected chi connectivity index (χ1v) is 11.3. The van der Waals surface area contributed by atoms with Crippen LogP contribution in [-0.4, -0.2) is 93.3 Å². The van der Waals surface area contributed by atoms with E-state index < -0.39 is 0 Å². The predicted molar refractivity (Wildman–Crippen MR) is 125 cm³/mol. The average Bonchev–Trinajstić information content (AvgIpc) is 3.05. The number of carbonyl (C=O) groups excluding carboxylic acids is 1. The highest BCUT2D eigenvalue weighted by molar-refractivity contribution is 14.1. The van der Waals surface area contributed by atoms with Gasteiger partial charge in [-0.25, -0.2) is 9.79 Å². The number of benzene rings is 1. The molecule has 1 aromatic rings. The lowest BCUT2D eigenvalue weighted by Gasteiger charge is -2.32. The van der Waals surface area contributed by atoms with Crippen molar-refractivity contribution in [2.45, 2.75) is 13.3 Å². The van der Waals surface area contributed by atoms with Gasteiger partial charge in [0.1, 0.15) is 11.9 Å². The van der Waals surface area contributed by atoms with E-state index in [2.05, 4.69) is 33.6 Å². The smallest absolute Gasteiger partial charge is 0.320 e. The molecule has 0 bridgehead atoms. The molecule has 0 saturated carbocycles. The Bertz CT molecular complexity index is 880. The molecule has 0 N–H and O–H groups in total. The third-order valence-corrected chi connectivity index (χ3v) is 6.52. The summed E-state index contributed by atoms with van der Waals surface area (Å²) < 4.78 is 16.8. The molecule has 2 fully saturated rings. The van der Waals surface area contributed by atoms with Crippen molar-refractivity contribution >= 4 is 40.1 Å². The van der Waals surface area contributed by atoms with Crippen LogP contribution in [0.4, 0.5) is 10.5 Å². The van der Waals surface area contributed by atoms with Crippen molar-refractivity contribution in [3.63, 3.8) is 0 Å². The molecule has 2 saturated heterocycles. The van der Waals surface area contributed by atoms with Gasteiger partial charge in [0.05, 0.1) is 42.3 Å². The van der Waals surface area contributed by atoms with E-state index >= 15 is 0 Å². The molecule has 0 atom stereocenters. The van der Waals surface area contributed by atoms with Crippen LogP contribution < -0.4 is 9.47 Å². The summed E-state index contributed by atoms with van der Waals surface area (Å²) in [4.78, 5) is 23.5. The van der Waals surface area contributed by atoms with E-state index in [1.165, 1.54) is 0 Å². The zero-order valence-corrected chi connectivity index (χ0v) is 20.3. The number of amides is 2. The number of halogens is 1. The molecule has 0 aliphatic carbocycles. The molecular weight excluding hydrogens is 513 g/mol. The summed E-state index contributed by atoms with van der Waals surface area (Å²) in [6.45, 7) is 7.28. The van der Waals surface area contributed by atoms with Gasteiger partial charge in [0.2, 0.25) is 0 Å². The van der Waals surface area contributed by atoms with Crippen molar-refractivity contribution in [2.75, 3.05) is 66.7 Å². The molecule has 0 aromatic heterocycles. The van der Waals surface area contributed by atoms with E-state index in [0.717, 1.165) is 25.3 Å². The van der Waals surface area contributed by atoms with Gasteiger partial charge in [0, 0.05) is 45.3 Å². The largest absolute Gasteiger partial charge is 0.493 e. The number of hydrogen-bond donors (Lipinski definition) is 0. The third-order valence-electron chi connectivity index (χ3n) is 5.49. The lowest BCUT2D eigenvalue weighted by molar-refractivity contribution is 0.0437. The van der Waals surface area contributed by atoms with Gasteiger partial charge in [0.15, 0.2) is 11.5 Å². The summed E-state index contributed by atoms with van der Waals surface area (Å²) >= 11 is 2.09. The van der Waals surface area contributed by atoms with Gasteiger partial charge in [-0.2, -0.15) is 5.26 Å². The molecule has 1 aromatic carbocycles. The second-order valence-electron chi connectivity index (χ2n) is 7.30. The molecular formula is C21H28IN5O4. The van der Waals surface area contributed by atoms with Crippen LogP contribution in [0.3, 0.4) is 0 Å². The number of amidine groups is 1. The average molecular weight is 541 g/mol. The Balaban J connectivity index is 1.76. The van der Waals surface area contributed by atoms with Crippen LogP contribution in [0, 0.1) is 14.9 Å². The van der Waals surface area contributed by atoms with Gasteiger partial charge in [-0.3, -0.25) is 0 Å². The molecule has 2 aliphatic heterocycles. The first kappa shape index (κ1) is 23.4. The van der Waals surface area contributed by atoms with E-state index in [4.69, 9.17) is 19.2 Å². The summed E-state index contributed by atoms with van der Waals surface area (Å²) in [5.74, 6) is 1.87. The van der Waals surface area contributed by atoms with Crippen LogP contribution in [0.1, 0.15) is 18.9 Å². The number of carbonyl (C=O) groups is 1. The zero-order chi connectivity index (χ0) is 22.4. The fraction of sp³-hybridized carbons (Fsp3) is 0.571. The van der Waals surface area contributed by atoms with Crippen molar-refractivity contribution < 1.29 is 19.0 Å². The van der Waals surface area contributed by atoms with Gasteiger partial charge < -0.3 is 28.9 Å². The Labute approximate surface area is 196 Å². The van der Waals surface area contributed by atoms with Crippen molar-refractivity contribution in [1.82, 2.24) is 14.7 Å². The number of ether oxygens (including phenoxy) is 3. The van der Waals surface area contributed by atoms with E-state index in [-0.39, 0.29) is 6.03 Å². The van der Waals surface area contributed by atoms with E-state index in [1.807, 2.05) is 16.7 Å². The predicted octanol–water partition coefficient (Wildman–Crippen LogP) is 2.69. The number of morpholine rings is 1. The molecule has 10 heteroatoms. The van der Waals surface area contributed by atoms with Crippen LogP contribution >= 0.6 is 22.6 Å². The fourth-order valence-electron chi connectivity index (χ4n) is 3.76. The highest BCUT2D eigenvalue weighted by atomic mass is 127. The highest BCUT2D eigenvalue weighted by Gasteiger charge is 2.25. The summed E-state index contributed by atoms with van der Waals surface area (Å²) in [7, 11) is 3.12. The second-order valence-corrected chi connectivity index (χ2v) is 8.38. The first-order chi connectivity index (χ1) is 15.0. The molecule has 3 rings (SSSR count). The molecule has 9 nitrogen and oxygen atoms in total. The van der Waals surface area contributed by atoms with Crippen LogP contribution in [0.2, 0.25) is 0 Å². The Kier molecular flexibility index (Phi) is 8.20. The molecule has 0 radical (unpaired) electrons. The third kappa shape index (κ3) is 5.33. The Hall–Kier alpha value is -2.26. The Morgan fingerprint density at radius 1 is 1.10 bits per heavy atom. The minimum Gasteiger partial charge on any atom is -0.493 e. The van der Waals surface area contributed by atoms with Gasteiger partial charge in [-0.15, -0.1) is 0 Å².